The quantitative estimate of drug-likeness (QED) is 0.845. The van der Waals surface area contributed by atoms with Crippen LogP contribution in [-0.2, 0) is 6.18 Å². The molecular weight excluding hydrogens is 335 g/mol. The van der Waals surface area contributed by atoms with Crippen LogP contribution in [0.25, 0.3) is 0 Å². The largest absolute Gasteiger partial charge is 0.497 e. The molecule has 1 amide bonds. The molecule has 1 fully saturated rings. The zero-order chi connectivity index (χ0) is 18.0. The third-order valence-electron chi connectivity index (χ3n) is 3.94. The Morgan fingerprint density at radius 3 is 2.32 bits per heavy atom. The minimum atomic E-state index is -4.41. The summed E-state index contributed by atoms with van der Waals surface area (Å²) >= 11 is 0. The molecule has 25 heavy (non-hydrogen) atoms. The smallest absolute Gasteiger partial charge is 0.416 e. The molecule has 7 heteroatoms. The van der Waals surface area contributed by atoms with Gasteiger partial charge in [-0.05, 0) is 36.4 Å². The van der Waals surface area contributed by atoms with E-state index in [1.54, 1.807) is 31.4 Å². The normalized spacial score (nSPS) is 14.8. The molecule has 132 valence electrons. The van der Waals surface area contributed by atoms with Crippen molar-refractivity contribution in [2.24, 2.45) is 0 Å². The van der Waals surface area contributed by atoms with Gasteiger partial charge in [0.2, 0.25) is 0 Å². The van der Waals surface area contributed by atoms with Crippen LogP contribution in [-0.4, -0.2) is 37.1 Å². The van der Waals surface area contributed by atoms with Crippen LogP contribution < -0.4 is 9.47 Å². The fourth-order valence-electron chi connectivity index (χ4n) is 2.53. The van der Waals surface area contributed by atoms with Gasteiger partial charge in [0.25, 0.3) is 5.91 Å². The summed E-state index contributed by atoms with van der Waals surface area (Å²) in [5.74, 6) is 1.01. The Balaban J connectivity index is 1.56. The number of hydrogen-bond donors (Lipinski definition) is 0. The van der Waals surface area contributed by atoms with Gasteiger partial charge < -0.3 is 14.4 Å². The maximum Gasteiger partial charge on any atom is 0.416 e. The summed E-state index contributed by atoms with van der Waals surface area (Å²) in [4.78, 5) is 13.8. The van der Waals surface area contributed by atoms with Gasteiger partial charge in [-0.3, -0.25) is 4.79 Å². The molecule has 3 rings (SSSR count). The van der Waals surface area contributed by atoms with Crippen molar-refractivity contribution >= 4 is 5.91 Å². The Bertz CT molecular complexity index is 753. The SMILES string of the molecule is COc1cccc(OC2CN(C(=O)c3ccc(C(F)(F)F)cc3)C2)c1. The molecule has 0 N–H and O–H groups in total. The van der Waals surface area contributed by atoms with E-state index in [-0.39, 0.29) is 17.6 Å². The van der Waals surface area contributed by atoms with E-state index in [0.717, 1.165) is 12.1 Å². The molecule has 0 unspecified atom stereocenters. The lowest BCUT2D eigenvalue weighted by atomic mass is 10.1. The fourth-order valence-corrected chi connectivity index (χ4v) is 2.53. The van der Waals surface area contributed by atoms with Crippen molar-refractivity contribution in [1.82, 2.24) is 4.90 Å². The number of hydrogen-bond acceptors (Lipinski definition) is 3. The summed E-state index contributed by atoms with van der Waals surface area (Å²) in [5.41, 5.74) is -0.542. The number of carbonyl (C=O) groups excluding carboxylic acids is 1. The number of rotatable bonds is 4. The third kappa shape index (κ3) is 3.87. The highest BCUT2D eigenvalue weighted by molar-refractivity contribution is 5.94. The number of methoxy groups -OCH3 is 1. The Hall–Kier alpha value is -2.70. The molecule has 0 bridgehead atoms. The van der Waals surface area contributed by atoms with Crippen molar-refractivity contribution in [3.05, 3.63) is 59.7 Å². The van der Waals surface area contributed by atoms with E-state index >= 15 is 0 Å². The molecule has 0 spiro atoms. The zero-order valence-electron chi connectivity index (χ0n) is 13.4. The van der Waals surface area contributed by atoms with E-state index in [0.29, 0.717) is 24.6 Å². The van der Waals surface area contributed by atoms with Crippen molar-refractivity contribution in [2.45, 2.75) is 12.3 Å². The Morgan fingerprint density at radius 2 is 1.72 bits per heavy atom. The molecular formula is C18H16F3NO3. The van der Waals surface area contributed by atoms with Crippen LogP contribution in [0.5, 0.6) is 11.5 Å². The van der Waals surface area contributed by atoms with Crippen LogP contribution in [0.4, 0.5) is 13.2 Å². The van der Waals surface area contributed by atoms with Gasteiger partial charge in [-0.25, -0.2) is 0 Å². The first-order valence-electron chi connectivity index (χ1n) is 7.64. The van der Waals surface area contributed by atoms with E-state index in [1.165, 1.54) is 17.0 Å². The minimum Gasteiger partial charge on any atom is -0.497 e. The lowest BCUT2D eigenvalue weighted by Crippen LogP contribution is -2.56. The number of likely N-dealkylation sites (tertiary alicyclic amines) is 1. The van der Waals surface area contributed by atoms with Gasteiger partial charge in [-0.1, -0.05) is 6.07 Å². The fraction of sp³-hybridized carbons (Fsp3) is 0.278. The van der Waals surface area contributed by atoms with E-state index in [4.69, 9.17) is 9.47 Å². The van der Waals surface area contributed by atoms with Crippen molar-refractivity contribution in [3.63, 3.8) is 0 Å². The molecule has 1 aliphatic heterocycles. The molecule has 0 radical (unpaired) electrons. The molecule has 1 heterocycles. The molecule has 4 nitrogen and oxygen atoms in total. The predicted octanol–water partition coefficient (Wildman–Crippen LogP) is 3.62. The number of ether oxygens (including phenoxy) is 2. The standard InChI is InChI=1S/C18H16F3NO3/c1-24-14-3-2-4-15(9-14)25-16-10-22(11-16)17(23)12-5-7-13(8-6-12)18(19,20)21/h2-9,16H,10-11H2,1H3. The Morgan fingerprint density at radius 1 is 1.08 bits per heavy atom. The highest BCUT2D eigenvalue weighted by Crippen LogP contribution is 2.29. The van der Waals surface area contributed by atoms with Gasteiger partial charge in [0.05, 0.1) is 25.8 Å². The predicted molar refractivity (Wildman–Crippen MR) is 84.8 cm³/mol. The molecule has 0 aliphatic carbocycles. The summed E-state index contributed by atoms with van der Waals surface area (Å²) in [6, 6.07) is 11.4. The molecule has 2 aromatic rings. The second-order valence-electron chi connectivity index (χ2n) is 5.70. The molecule has 2 aromatic carbocycles. The van der Waals surface area contributed by atoms with Crippen LogP contribution in [0, 0.1) is 0 Å². The van der Waals surface area contributed by atoms with Gasteiger partial charge in [0, 0.05) is 11.6 Å². The molecule has 1 saturated heterocycles. The average molecular weight is 351 g/mol. The van der Waals surface area contributed by atoms with Crippen molar-refractivity contribution in [1.29, 1.82) is 0 Å². The summed E-state index contributed by atoms with van der Waals surface area (Å²) in [5, 5.41) is 0. The monoisotopic (exact) mass is 351 g/mol. The number of halogens is 3. The minimum absolute atomic E-state index is 0.148. The van der Waals surface area contributed by atoms with Gasteiger partial charge in [0.15, 0.2) is 0 Å². The number of alkyl halides is 3. The number of benzene rings is 2. The van der Waals surface area contributed by atoms with E-state index in [1.807, 2.05) is 0 Å². The first-order chi connectivity index (χ1) is 11.9. The second kappa shape index (κ2) is 6.66. The average Bonchev–Trinajstić information content (AvgIpc) is 2.56. The highest BCUT2D eigenvalue weighted by Gasteiger charge is 2.34. The maximum absolute atomic E-state index is 12.5. The molecule has 0 saturated carbocycles. The lowest BCUT2D eigenvalue weighted by molar-refractivity contribution is -0.137. The molecule has 0 atom stereocenters. The van der Waals surface area contributed by atoms with Gasteiger partial charge in [0.1, 0.15) is 17.6 Å². The molecule has 0 aromatic heterocycles. The number of nitrogens with zero attached hydrogens (tertiary/aromatic N) is 1. The summed E-state index contributed by atoms with van der Waals surface area (Å²) < 4.78 is 48.5. The van der Waals surface area contributed by atoms with Crippen molar-refractivity contribution < 1.29 is 27.4 Å². The van der Waals surface area contributed by atoms with Gasteiger partial charge in [-0.15, -0.1) is 0 Å². The van der Waals surface area contributed by atoms with E-state index < -0.39 is 11.7 Å². The number of carbonyl (C=O) groups is 1. The van der Waals surface area contributed by atoms with E-state index in [2.05, 4.69) is 0 Å². The van der Waals surface area contributed by atoms with Crippen LogP contribution in [0.3, 0.4) is 0 Å². The first kappa shape index (κ1) is 17.1. The Kier molecular flexibility index (Phi) is 4.57. The first-order valence-corrected chi connectivity index (χ1v) is 7.64. The highest BCUT2D eigenvalue weighted by atomic mass is 19.4. The van der Waals surface area contributed by atoms with Crippen LogP contribution in [0.15, 0.2) is 48.5 Å². The van der Waals surface area contributed by atoms with Crippen LogP contribution >= 0.6 is 0 Å². The van der Waals surface area contributed by atoms with Gasteiger partial charge >= 0.3 is 6.18 Å². The zero-order valence-corrected chi connectivity index (χ0v) is 13.4. The van der Waals surface area contributed by atoms with Crippen LogP contribution in [0.1, 0.15) is 15.9 Å². The van der Waals surface area contributed by atoms with Gasteiger partial charge in [-0.2, -0.15) is 13.2 Å². The van der Waals surface area contributed by atoms with Crippen molar-refractivity contribution in [2.75, 3.05) is 20.2 Å². The summed E-state index contributed by atoms with van der Waals surface area (Å²) in [6.45, 7) is 0.772. The van der Waals surface area contributed by atoms with Crippen molar-refractivity contribution in [3.8, 4) is 11.5 Å². The van der Waals surface area contributed by atoms with Crippen LogP contribution in [0.2, 0.25) is 0 Å². The lowest BCUT2D eigenvalue weighted by Gasteiger charge is -2.39. The molecule has 1 aliphatic rings. The second-order valence-corrected chi connectivity index (χ2v) is 5.70. The topological polar surface area (TPSA) is 38.8 Å². The maximum atomic E-state index is 12.5. The Labute approximate surface area is 142 Å². The summed E-state index contributed by atoms with van der Waals surface area (Å²) in [6.07, 6.45) is -4.56. The number of amides is 1. The third-order valence-corrected chi connectivity index (χ3v) is 3.94. The summed E-state index contributed by atoms with van der Waals surface area (Å²) in [7, 11) is 1.56. The van der Waals surface area contributed by atoms with E-state index in [9.17, 15) is 18.0 Å².